The van der Waals surface area contributed by atoms with Crippen LogP contribution in [0, 0.1) is 25.5 Å². The molecule has 0 radical (unpaired) electrons. The quantitative estimate of drug-likeness (QED) is 0.520. The fourth-order valence-corrected chi connectivity index (χ4v) is 4.48. The highest BCUT2D eigenvalue weighted by molar-refractivity contribution is 8.15. The van der Waals surface area contributed by atoms with Crippen LogP contribution in [0.4, 0.5) is 20.2 Å². The zero-order chi connectivity index (χ0) is 24.0. The van der Waals surface area contributed by atoms with Crippen LogP contribution in [-0.2, 0) is 14.3 Å². The smallest absolute Gasteiger partial charge is 0.242 e. The van der Waals surface area contributed by atoms with Gasteiger partial charge in [0.15, 0.2) is 5.17 Å². The third kappa shape index (κ3) is 6.61. The number of aliphatic imine (C=N–C) groups is 1. The zero-order valence-electron chi connectivity index (χ0n) is 18.9. The van der Waals surface area contributed by atoms with Crippen molar-refractivity contribution in [3.05, 3.63) is 59.2 Å². The van der Waals surface area contributed by atoms with E-state index in [0.717, 1.165) is 28.9 Å². The molecule has 1 N–H and O–H groups in total. The van der Waals surface area contributed by atoms with Crippen molar-refractivity contribution >= 4 is 40.1 Å². The Balaban J connectivity index is 1.76. The number of carbonyl (C=O) groups is 2. The number of hydrogen-bond donors (Lipinski definition) is 1. The van der Waals surface area contributed by atoms with Gasteiger partial charge in [0, 0.05) is 32.2 Å². The van der Waals surface area contributed by atoms with Crippen molar-refractivity contribution in [3.8, 4) is 0 Å². The van der Waals surface area contributed by atoms with E-state index in [-0.39, 0.29) is 18.0 Å². The SMILES string of the molecule is CCOCCCN1C(=O)C(CC(=O)Nc2ccc(F)cc2F)SC1=Nc1cc(C)ccc1C. The highest BCUT2D eigenvalue weighted by Gasteiger charge is 2.39. The Morgan fingerprint density at radius 3 is 2.73 bits per heavy atom. The molecule has 176 valence electrons. The summed E-state index contributed by atoms with van der Waals surface area (Å²) in [4.78, 5) is 31.9. The number of aryl methyl sites for hydroxylation is 2. The average molecular weight is 476 g/mol. The normalized spacial score (nSPS) is 17.1. The number of hydrogen-bond acceptors (Lipinski definition) is 5. The topological polar surface area (TPSA) is 71.0 Å². The molecule has 3 rings (SSSR count). The van der Waals surface area contributed by atoms with Crippen LogP contribution in [0.2, 0.25) is 0 Å². The van der Waals surface area contributed by atoms with Crippen molar-refractivity contribution in [1.82, 2.24) is 4.90 Å². The maximum atomic E-state index is 13.9. The number of ether oxygens (including phenoxy) is 1. The molecule has 2 amide bonds. The van der Waals surface area contributed by atoms with Crippen LogP contribution in [-0.4, -0.2) is 46.9 Å². The van der Waals surface area contributed by atoms with Gasteiger partial charge in [-0.15, -0.1) is 0 Å². The molecule has 0 spiro atoms. The summed E-state index contributed by atoms with van der Waals surface area (Å²) in [5, 5.41) is 2.25. The Kier molecular flexibility index (Phi) is 8.57. The maximum Gasteiger partial charge on any atom is 0.242 e. The van der Waals surface area contributed by atoms with Gasteiger partial charge in [0.1, 0.15) is 16.9 Å². The summed E-state index contributed by atoms with van der Waals surface area (Å²) >= 11 is 1.22. The standard InChI is InChI=1S/C24H27F2N3O3S/c1-4-32-11-5-10-29-23(31)21(14-22(30)27-19-9-8-17(25)13-18(19)26)33-24(29)28-20-12-15(2)6-7-16(20)3/h6-9,12-13,21H,4-5,10-11,14H2,1-3H3,(H,27,30). The Labute approximate surface area is 196 Å². The monoisotopic (exact) mass is 475 g/mol. The van der Waals surface area contributed by atoms with Crippen molar-refractivity contribution in [2.75, 3.05) is 25.1 Å². The summed E-state index contributed by atoms with van der Waals surface area (Å²) < 4.78 is 32.4. The Morgan fingerprint density at radius 2 is 2.00 bits per heavy atom. The molecule has 9 heteroatoms. The lowest BCUT2D eigenvalue weighted by Gasteiger charge is -2.17. The highest BCUT2D eigenvalue weighted by atomic mass is 32.2. The second-order valence-electron chi connectivity index (χ2n) is 7.71. The van der Waals surface area contributed by atoms with E-state index in [4.69, 9.17) is 9.73 Å². The zero-order valence-corrected chi connectivity index (χ0v) is 19.7. The van der Waals surface area contributed by atoms with E-state index in [0.29, 0.717) is 37.4 Å². The molecule has 1 heterocycles. The number of anilines is 1. The molecule has 1 unspecified atom stereocenters. The van der Waals surface area contributed by atoms with E-state index in [2.05, 4.69) is 5.32 Å². The van der Waals surface area contributed by atoms with Crippen LogP contribution in [0.3, 0.4) is 0 Å². The molecule has 1 aliphatic heterocycles. The van der Waals surface area contributed by atoms with E-state index in [1.165, 1.54) is 11.8 Å². The molecule has 0 aliphatic carbocycles. The lowest BCUT2D eigenvalue weighted by molar-refractivity contribution is -0.128. The van der Waals surface area contributed by atoms with Crippen molar-refractivity contribution in [1.29, 1.82) is 0 Å². The number of carbonyl (C=O) groups excluding carboxylic acids is 2. The predicted octanol–water partition coefficient (Wildman–Crippen LogP) is 4.97. The van der Waals surface area contributed by atoms with Crippen molar-refractivity contribution in [3.63, 3.8) is 0 Å². The van der Waals surface area contributed by atoms with Gasteiger partial charge in [-0.1, -0.05) is 23.9 Å². The van der Waals surface area contributed by atoms with Gasteiger partial charge in [-0.3, -0.25) is 14.5 Å². The molecular weight excluding hydrogens is 448 g/mol. The third-order valence-corrected chi connectivity index (χ3v) is 6.23. The number of thioether (sulfide) groups is 1. The third-order valence-electron chi connectivity index (χ3n) is 5.05. The first-order valence-electron chi connectivity index (χ1n) is 10.7. The minimum absolute atomic E-state index is 0.130. The van der Waals surface area contributed by atoms with E-state index in [1.807, 2.05) is 39.0 Å². The van der Waals surface area contributed by atoms with E-state index >= 15 is 0 Å². The highest BCUT2D eigenvalue weighted by Crippen LogP contribution is 2.33. The first-order chi connectivity index (χ1) is 15.8. The molecule has 2 aromatic rings. The fourth-order valence-electron chi connectivity index (χ4n) is 3.30. The molecule has 6 nitrogen and oxygen atoms in total. The Hall–Kier alpha value is -2.78. The summed E-state index contributed by atoms with van der Waals surface area (Å²) in [5.74, 6) is -2.37. The molecule has 1 atom stereocenters. The first kappa shape index (κ1) is 24.9. The van der Waals surface area contributed by atoms with Crippen LogP contribution in [0.1, 0.15) is 30.9 Å². The van der Waals surface area contributed by atoms with Crippen molar-refractivity contribution in [2.24, 2.45) is 4.99 Å². The molecule has 1 saturated heterocycles. The minimum Gasteiger partial charge on any atom is -0.382 e. The average Bonchev–Trinajstić information content (AvgIpc) is 3.04. The molecule has 2 aromatic carbocycles. The van der Waals surface area contributed by atoms with Gasteiger partial charge in [-0.2, -0.15) is 0 Å². The summed E-state index contributed by atoms with van der Waals surface area (Å²) in [6.07, 6.45) is 0.472. The van der Waals surface area contributed by atoms with Gasteiger partial charge >= 0.3 is 0 Å². The van der Waals surface area contributed by atoms with Gasteiger partial charge in [-0.25, -0.2) is 13.8 Å². The Morgan fingerprint density at radius 1 is 1.21 bits per heavy atom. The summed E-state index contributed by atoms with van der Waals surface area (Å²) in [7, 11) is 0. The van der Waals surface area contributed by atoms with Gasteiger partial charge < -0.3 is 10.1 Å². The predicted molar refractivity (Wildman–Crippen MR) is 127 cm³/mol. The molecular formula is C24H27F2N3O3S. The molecule has 1 fully saturated rings. The number of amides is 2. The van der Waals surface area contributed by atoms with Gasteiger partial charge in [0.05, 0.1) is 11.4 Å². The minimum atomic E-state index is -0.872. The molecule has 0 bridgehead atoms. The lowest BCUT2D eigenvalue weighted by Crippen LogP contribution is -2.34. The van der Waals surface area contributed by atoms with E-state index in [9.17, 15) is 18.4 Å². The number of nitrogens with zero attached hydrogens (tertiary/aromatic N) is 2. The summed E-state index contributed by atoms with van der Waals surface area (Å²) in [5.41, 5.74) is 2.66. The second kappa shape index (κ2) is 11.4. The summed E-state index contributed by atoms with van der Waals surface area (Å²) in [6.45, 7) is 7.34. The van der Waals surface area contributed by atoms with Crippen LogP contribution in [0.15, 0.2) is 41.4 Å². The second-order valence-corrected chi connectivity index (χ2v) is 8.88. The van der Waals surface area contributed by atoms with E-state index in [1.54, 1.807) is 4.90 Å². The molecule has 0 aromatic heterocycles. The number of amidine groups is 1. The number of nitrogens with one attached hydrogen (secondary N) is 1. The first-order valence-corrected chi connectivity index (χ1v) is 11.6. The van der Waals surface area contributed by atoms with Gasteiger partial charge in [0.25, 0.3) is 0 Å². The van der Waals surface area contributed by atoms with Crippen molar-refractivity contribution < 1.29 is 23.1 Å². The van der Waals surface area contributed by atoms with Gasteiger partial charge in [-0.05, 0) is 56.5 Å². The summed E-state index contributed by atoms with van der Waals surface area (Å²) in [6, 6.07) is 8.82. The fraction of sp³-hybridized carbons (Fsp3) is 0.375. The number of benzene rings is 2. The largest absolute Gasteiger partial charge is 0.382 e. The molecule has 0 saturated carbocycles. The van der Waals surface area contributed by atoms with Crippen molar-refractivity contribution in [2.45, 2.75) is 38.9 Å². The number of halogens is 2. The number of rotatable bonds is 9. The van der Waals surface area contributed by atoms with Crippen LogP contribution < -0.4 is 5.32 Å². The molecule has 1 aliphatic rings. The van der Waals surface area contributed by atoms with Gasteiger partial charge in [0.2, 0.25) is 11.8 Å². The van der Waals surface area contributed by atoms with E-state index < -0.39 is 22.8 Å². The van der Waals surface area contributed by atoms with Crippen LogP contribution in [0.25, 0.3) is 0 Å². The molecule has 33 heavy (non-hydrogen) atoms. The Bertz CT molecular complexity index is 1060. The van der Waals surface area contributed by atoms with Crippen LogP contribution >= 0.6 is 11.8 Å². The maximum absolute atomic E-state index is 13.9. The lowest BCUT2D eigenvalue weighted by atomic mass is 10.1. The van der Waals surface area contributed by atoms with Crippen LogP contribution in [0.5, 0.6) is 0 Å².